The zero-order chi connectivity index (χ0) is 21.5. The largest absolute Gasteiger partial charge is 0.497 e. The van der Waals surface area contributed by atoms with Crippen LogP contribution in [-0.4, -0.2) is 19.1 Å². The molecule has 31 heavy (non-hydrogen) atoms. The highest BCUT2D eigenvalue weighted by Crippen LogP contribution is 2.49. The average molecular weight is 482 g/mol. The van der Waals surface area contributed by atoms with Crippen LogP contribution in [0.5, 0.6) is 5.75 Å². The number of hydrazine groups is 1. The van der Waals surface area contributed by atoms with E-state index >= 15 is 0 Å². The van der Waals surface area contributed by atoms with Gasteiger partial charge in [0.2, 0.25) is 5.91 Å². The van der Waals surface area contributed by atoms with Gasteiger partial charge in [0.05, 0.1) is 19.2 Å². The maximum absolute atomic E-state index is 14.2. The van der Waals surface area contributed by atoms with Crippen molar-refractivity contribution in [3.8, 4) is 5.75 Å². The molecule has 5 nitrogen and oxygen atoms in total. The van der Waals surface area contributed by atoms with Crippen molar-refractivity contribution >= 4 is 27.5 Å². The Balaban J connectivity index is 1.61. The fraction of sp³-hybridized carbons (Fsp3) is 0.208. The molecule has 0 saturated carbocycles. The number of fused-ring (bicyclic) bond motifs is 1. The molecule has 4 unspecified atom stereocenters. The molecule has 0 aromatic heterocycles. The predicted molar refractivity (Wildman–Crippen MR) is 120 cm³/mol. The minimum absolute atomic E-state index is 0.0369. The zero-order valence-corrected chi connectivity index (χ0v) is 18.3. The van der Waals surface area contributed by atoms with Gasteiger partial charge in [0, 0.05) is 16.1 Å². The Morgan fingerprint density at radius 1 is 0.935 bits per heavy atom. The first-order valence-corrected chi connectivity index (χ1v) is 10.9. The number of carbonyl (C=O) groups excluding carboxylic acids is 1. The van der Waals surface area contributed by atoms with E-state index in [1.54, 1.807) is 18.1 Å². The standard InChI is InChI=1S/C24H21BrFN3O2/c1-31-19-11-5-14(6-12-19)21-20-22(28-27-21)24(30)29(18-9-7-16(25)8-10-18)23(20)15-3-2-4-17(26)13-15/h2-13,20-23,27-28H,1H3. The summed E-state index contributed by atoms with van der Waals surface area (Å²) in [4.78, 5) is 15.3. The number of ether oxygens (including phenoxy) is 1. The van der Waals surface area contributed by atoms with Gasteiger partial charge in [-0.2, -0.15) is 0 Å². The van der Waals surface area contributed by atoms with Crippen LogP contribution < -0.4 is 20.5 Å². The molecular formula is C24H21BrFN3O2. The van der Waals surface area contributed by atoms with Crippen LogP contribution in [0.1, 0.15) is 23.2 Å². The molecule has 0 bridgehead atoms. The summed E-state index contributed by atoms with van der Waals surface area (Å²) in [6, 6.07) is 21.1. The fourth-order valence-electron chi connectivity index (χ4n) is 4.68. The summed E-state index contributed by atoms with van der Waals surface area (Å²) in [5.41, 5.74) is 9.08. The van der Waals surface area contributed by atoms with Crippen molar-refractivity contribution < 1.29 is 13.9 Å². The van der Waals surface area contributed by atoms with Crippen molar-refractivity contribution in [2.75, 3.05) is 12.0 Å². The molecule has 5 rings (SSSR count). The third-order valence-electron chi connectivity index (χ3n) is 6.08. The zero-order valence-electron chi connectivity index (χ0n) is 16.8. The van der Waals surface area contributed by atoms with E-state index in [4.69, 9.17) is 4.74 Å². The van der Waals surface area contributed by atoms with Gasteiger partial charge in [-0.1, -0.05) is 40.2 Å². The Labute approximate surface area is 188 Å². The van der Waals surface area contributed by atoms with Gasteiger partial charge in [-0.05, 0) is 59.7 Å². The SMILES string of the molecule is COc1ccc(C2NNC3C(=O)N(c4ccc(Br)cc4)C(c4cccc(F)c4)C32)cc1. The summed E-state index contributed by atoms with van der Waals surface area (Å²) in [6.45, 7) is 0. The van der Waals surface area contributed by atoms with Gasteiger partial charge in [-0.15, -0.1) is 0 Å². The van der Waals surface area contributed by atoms with E-state index in [0.717, 1.165) is 27.0 Å². The Morgan fingerprint density at radius 3 is 2.32 bits per heavy atom. The lowest BCUT2D eigenvalue weighted by Crippen LogP contribution is -2.41. The highest BCUT2D eigenvalue weighted by Gasteiger charge is 2.56. The number of nitrogens with one attached hydrogen (secondary N) is 2. The molecule has 0 aliphatic carbocycles. The van der Waals surface area contributed by atoms with Gasteiger partial charge in [0.15, 0.2) is 0 Å². The van der Waals surface area contributed by atoms with E-state index in [9.17, 15) is 9.18 Å². The number of rotatable bonds is 4. The molecule has 2 fully saturated rings. The second-order valence-electron chi connectivity index (χ2n) is 7.78. The number of methoxy groups -OCH3 is 1. The van der Waals surface area contributed by atoms with Crippen LogP contribution in [0.3, 0.4) is 0 Å². The van der Waals surface area contributed by atoms with Gasteiger partial charge in [0.25, 0.3) is 0 Å². The number of hydrogen-bond acceptors (Lipinski definition) is 4. The lowest BCUT2D eigenvalue weighted by Gasteiger charge is -2.31. The quantitative estimate of drug-likeness (QED) is 0.575. The number of benzene rings is 3. The normalized spacial score (nSPS) is 25.0. The van der Waals surface area contributed by atoms with Crippen LogP contribution in [0.2, 0.25) is 0 Å². The smallest absolute Gasteiger partial charge is 0.246 e. The van der Waals surface area contributed by atoms with Crippen LogP contribution in [0, 0.1) is 11.7 Å². The van der Waals surface area contributed by atoms with Crippen LogP contribution in [-0.2, 0) is 4.79 Å². The fourth-order valence-corrected chi connectivity index (χ4v) is 4.95. The van der Waals surface area contributed by atoms with E-state index < -0.39 is 6.04 Å². The highest BCUT2D eigenvalue weighted by atomic mass is 79.9. The number of anilines is 1. The Bertz CT molecular complexity index is 1110. The molecule has 2 aliphatic rings. The molecule has 2 saturated heterocycles. The van der Waals surface area contributed by atoms with E-state index in [0.29, 0.717) is 0 Å². The predicted octanol–water partition coefficient (Wildman–Crippen LogP) is 4.52. The minimum atomic E-state index is -0.427. The van der Waals surface area contributed by atoms with E-state index in [-0.39, 0.29) is 29.7 Å². The first-order chi connectivity index (χ1) is 15.1. The third kappa shape index (κ3) is 3.52. The first kappa shape index (κ1) is 20.2. The second-order valence-corrected chi connectivity index (χ2v) is 8.69. The Morgan fingerprint density at radius 2 is 1.65 bits per heavy atom. The summed E-state index contributed by atoms with van der Waals surface area (Å²) >= 11 is 3.45. The van der Waals surface area contributed by atoms with E-state index in [1.165, 1.54) is 12.1 Å². The molecule has 3 aromatic rings. The van der Waals surface area contributed by atoms with Crippen molar-refractivity contribution in [1.82, 2.24) is 10.9 Å². The number of nitrogens with zero attached hydrogens (tertiary/aromatic N) is 1. The maximum Gasteiger partial charge on any atom is 0.246 e. The number of amides is 1. The molecule has 0 radical (unpaired) electrons. The van der Waals surface area contributed by atoms with Gasteiger partial charge >= 0.3 is 0 Å². The van der Waals surface area contributed by atoms with Crippen molar-refractivity contribution in [3.63, 3.8) is 0 Å². The summed E-state index contributed by atoms with van der Waals surface area (Å²) in [5, 5.41) is 0. The van der Waals surface area contributed by atoms with Crippen LogP contribution in [0.15, 0.2) is 77.3 Å². The first-order valence-electron chi connectivity index (χ1n) is 10.1. The molecule has 2 N–H and O–H groups in total. The number of halogens is 2. The highest BCUT2D eigenvalue weighted by molar-refractivity contribution is 9.10. The van der Waals surface area contributed by atoms with Crippen molar-refractivity contribution in [2.24, 2.45) is 5.92 Å². The summed E-state index contributed by atoms with van der Waals surface area (Å²) < 4.78 is 20.4. The molecule has 1 amide bonds. The van der Waals surface area contributed by atoms with Crippen LogP contribution >= 0.6 is 15.9 Å². The number of hydrogen-bond donors (Lipinski definition) is 2. The average Bonchev–Trinajstić information content (AvgIpc) is 3.33. The van der Waals surface area contributed by atoms with Gasteiger partial charge in [-0.3, -0.25) is 4.79 Å². The monoisotopic (exact) mass is 481 g/mol. The summed E-state index contributed by atoms with van der Waals surface area (Å²) in [5.74, 6) is 0.285. The minimum Gasteiger partial charge on any atom is -0.497 e. The lowest BCUT2D eigenvalue weighted by atomic mass is 9.83. The van der Waals surface area contributed by atoms with E-state index in [2.05, 4.69) is 26.8 Å². The van der Waals surface area contributed by atoms with E-state index in [1.807, 2.05) is 54.6 Å². The van der Waals surface area contributed by atoms with Gasteiger partial charge in [-0.25, -0.2) is 15.2 Å². The molecule has 7 heteroatoms. The number of carbonyl (C=O) groups is 1. The third-order valence-corrected chi connectivity index (χ3v) is 6.61. The second kappa shape index (κ2) is 8.07. The van der Waals surface area contributed by atoms with Crippen molar-refractivity contribution in [1.29, 1.82) is 0 Å². The molecule has 0 spiro atoms. The molecule has 158 valence electrons. The molecular weight excluding hydrogens is 461 g/mol. The van der Waals surface area contributed by atoms with Gasteiger partial charge < -0.3 is 9.64 Å². The maximum atomic E-state index is 14.2. The molecule has 2 aliphatic heterocycles. The van der Waals surface area contributed by atoms with Crippen molar-refractivity contribution in [3.05, 3.63) is 94.2 Å². The summed E-state index contributed by atoms with van der Waals surface area (Å²) in [7, 11) is 1.63. The Hall–Kier alpha value is -2.74. The van der Waals surface area contributed by atoms with Crippen LogP contribution in [0.4, 0.5) is 10.1 Å². The molecule has 3 aromatic carbocycles. The van der Waals surface area contributed by atoms with Gasteiger partial charge in [0.1, 0.15) is 17.6 Å². The lowest BCUT2D eigenvalue weighted by molar-refractivity contribution is -0.119. The van der Waals surface area contributed by atoms with Crippen molar-refractivity contribution in [2.45, 2.75) is 18.1 Å². The summed E-state index contributed by atoms with van der Waals surface area (Å²) in [6.07, 6.45) is 0. The topological polar surface area (TPSA) is 53.6 Å². The Kier molecular flexibility index (Phi) is 5.25. The molecule has 4 atom stereocenters. The molecule has 2 heterocycles. The van der Waals surface area contributed by atoms with Crippen LogP contribution in [0.25, 0.3) is 0 Å².